The van der Waals surface area contributed by atoms with Crippen LogP contribution < -0.4 is 4.74 Å². The van der Waals surface area contributed by atoms with E-state index < -0.39 is 5.97 Å². The maximum absolute atomic E-state index is 10.6. The van der Waals surface area contributed by atoms with Crippen LogP contribution in [0.4, 0.5) is 0 Å². The van der Waals surface area contributed by atoms with Gasteiger partial charge in [0.2, 0.25) is 0 Å². The molecular weight excluding hydrogens is 331 g/mol. The minimum absolute atomic E-state index is 0.360. The summed E-state index contributed by atoms with van der Waals surface area (Å²) in [6.07, 6.45) is 3.20. The number of hydrogen-bond donors (Lipinski definition) is 1. The van der Waals surface area contributed by atoms with Crippen molar-refractivity contribution in [3.63, 3.8) is 0 Å². The number of halogens is 2. The maximum Gasteiger partial charge on any atom is 0.328 e. The average Bonchev–Trinajstić information content (AvgIpc) is 2.92. The lowest BCUT2D eigenvalue weighted by Gasteiger charge is -2.11. The van der Waals surface area contributed by atoms with Crippen molar-refractivity contribution in [3.8, 4) is 5.75 Å². The third-order valence-electron chi connectivity index (χ3n) is 2.62. The molecule has 0 unspecified atom stereocenters. The number of aliphatic carboxylic acids is 1. The summed E-state index contributed by atoms with van der Waals surface area (Å²) in [7, 11) is 0. The minimum Gasteiger partial charge on any atom is -0.491 e. The Morgan fingerprint density at radius 3 is 2.86 bits per heavy atom. The van der Waals surface area contributed by atoms with Crippen LogP contribution >= 0.6 is 34.5 Å². The van der Waals surface area contributed by atoms with Gasteiger partial charge >= 0.3 is 5.97 Å². The van der Waals surface area contributed by atoms with Gasteiger partial charge in [-0.25, -0.2) is 4.79 Å². The van der Waals surface area contributed by atoms with Gasteiger partial charge in [-0.1, -0.05) is 29.3 Å². The minimum atomic E-state index is -1.05. The normalized spacial score (nSPS) is 11.0. The molecular formula is C15H12Cl2O3S. The van der Waals surface area contributed by atoms with Gasteiger partial charge in [-0.05, 0) is 29.7 Å². The molecule has 0 fully saturated rings. The fourth-order valence-corrected chi connectivity index (χ4v) is 2.98. The third kappa shape index (κ3) is 4.77. The first-order valence-electron chi connectivity index (χ1n) is 6.11. The topological polar surface area (TPSA) is 46.5 Å². The fraction of sp³-hybridized carbons (Fsp3) is 0.133. The van der Waals surface area contributed by atoms with Crippen LogP contribution in [0.5, 0.6) is 5.75 Å². The molecule has 0 bridgehead atoms. The Kier molecular flexibility index (Phi) is 5.67. The number of carbonyl (C=O) groups is 1. The molecule has 0 atom stereocenters. The number of thiophene rings is 1. The van der Waals surface area contributed by atoms with Crippen LogP contribution in [0.2, 0.25) is 10.0 Å². The Morgan fingerprint density at radius 1 is 1.38 bits per heavy atom. The van der Waals surface area contributed by atoms with E-state index in [4.69, 9.17) is 33.0 Å². The van der Waals surface area contributed by atoms with Crippen LogP contribution in [-0.2, 0) is 11.2 Å². The second kappa shape index (κ2) is 7.50. The Hall–Kier alpha value is -1.49. The first kappa shape index (κ1) is 15.9. The van der Waals surface area contributed by atoms with Crippen LogP contribution in [0.25, 0.3) is 6.08 Å². The molecule has 1 heterocycles. The lowest BCUT2D eigenvalue weighted by atomic mass is 10.2. The van der Waals surface area contributed by atoms with Crippen molar-refractivity contribution in [1.82, 2.24) is 0 Å². The largest absolute Gasteiger partial charge is 0.491 e. The zero-order valence-electron chi connectivity index (χ0n) is 10.9. The third-order valence-corrected chi connectivity index (χ3v) is 4.05. The van der Waals surface area contributed by atoms with Gasteiger partial charge in [-0.2, -0.15) is 0 Å². The van der Waals surface area contributed by atoms with E-state index in [1.54, 1.807) is 23.5 Å². The molecule has 0 amide bonds. The van der Waals surface area contributed by atoms with Crippen LogP contribution in [0.15, 0.2) is 35.7 Å². The lowest BCUT2D eigenvalue weighted by molar-refractivity contribution is -0.131. The van der Waals surface area contributed by atoms with E-state index >= 15 is 0 Å². The fourth-order valence-electron chi connectivity index (χ4n) is 1.73. The van der Waals surface area contributed by atoms with Gasteiger partial charge in [-0.15, -0.1) is 11.3 Å². The molecule has 0 saturated heterocycles. The summed E-state index contributed by atoms with van der Waals surface area (Å²) < 4.78 is 5.70. The van der Waals surface area contributed by atoms with Gasteiger partial charge in [0.25, 0.3) is 0 Å². The Labute approximate surface area is 136 Å². The molecule has 21 heavy (non-hydrogen) atoms. The standard InChI is InChI=1S/C15H12Cl2O3S/c16-11-8-10(3-4-14(18)19)15(13(17)9-11)20-6-5-12-2-1-7-21-12/h1-4,7-9H,5-6H2,(H,18,19). The molecule has 3 nitrogen and oxygen atoms in total. The second-order valence-electron chi connectivity index (χ2n) is 4.16. The predicted molar refractivity (Wildman–Crippen MR) is 86.6 cm³/mol. The van der Waals surface area contributed by atoms with E-state index in [0.717, 1.165) is 12.5 Å². The van der Waals surface area contributed by atoms with Crippen molar-refractivity contribution in [2.75, 3.05) is 6.61 Å². The van der Waals surface area contributed by atoms with E-state index in [2.05, 4.69) is 0 Å². The Morgan fingerprint density at radius 2 is 2.19 bits per heavy atom. The molecule has 0 aliphatic heterocycles. The summed E-state index contributed by atoms with van der Waals surface area (Å²) in [6, 6.07) is 7.20. The van der Waals surface area contributed by atoms with Crippen molar-refractivity contribution in [1.29, 1.82) is 0 Å². The van der Waals surface area contributed by atoms with E-state index in [-0.39, 0.29) is 0 Å². The second-order valence-corrected chi connectivity index (χ2v) is 6.03. The van der Waals surface area contributed by atoms with E-state index in [0.29, 0.717) is 28.0 Å². The van der Waals surface area contributed by atoms with Crippen LogP contribution in [0.1, 0.15) is 10.4 Å². The van der Waals surface area contributed by atoms with Crippen LogP contribution in [0, 0.1) is 0 Å². The summed E-state index contributed by atoms with van der Waals surface area (Å²) in [5.74, 6) is -0.606. The molecule has 110 valence electrons. The number of benzene rings is 1. The summed E-state index contributed by atoms with van der Waals surface area (Å²) in [5.41, 5.74) is 0.543. The highest BCUT2D eigenvalue weighted by Crippen LogP contribution is 2.33. The van der Waals surface area contributed by atoms with Gasteiger partial charge in [0.1, 0.15) is 5.75 Å². The molecule has 0 saturated carbocycles. The Bertz CT molecular complexity index is 651. The summed E-state index contributed by atoms with van der Waals surface area (Å²) in [5, 5.41) is 11.5. The molecule has 2 rings (SSSR count). The van der Waals surface area contributed by atoms with E-state index in [1.807, 2.05) is 17.5 Å². The quantitative estimate of drug-likeness (QED) is 0.768. The first-order valence-corrected chi connectivity index (χ1v) is 7.75. The molecule has 1 aromatic heterocycles. The molecule has 0 aliphatic carbocycles. The number of ether oxygens (including phenoxy) is 1. The number of hydrogen-bond acceptors (Lipinski definition) is 3. The highest BCUT2D eigenvalue weighted by atomic mass is 35.5. The van der Waals surface area contributed by atoms with Gasteiger partial charge in [-0.3, -0.25) is 0 Å². The van der Waals surface area contributed by atoms with Crippen molar-refractivity contribution >= 4 is 46.6 Å². The number of rotatable bonds is 6. The molecule has 0 aliphatic rings. The molecule has 6 heteroatoms. The van der Waals surface area contributed by atoms with Crippen LogP contribution in [-0.4, -0.2) is 17.7 Å². The number of carboxylic acids is 1. The molecule has 0 spiro atoms. The van der Waals surface area contributed by atoms with Crippen molar-refractivity contribution in [2.45, 2.75) is 6.42 Å². The molecule has 2 aromatic rings. The summed E-state index contributed by atoms with van der Waals surface area (Å²) >= 11 is 13.7. The van der Waals surface area contributed by atoms with Gasteiger partial charge in [0.05, 0.1) is 11.6 Å². The first-order chi connectivity index (χ1) is 10.1. The maximum atomic E-state index is 10.6. The molecule has 1 aromatic carbocycles. The number of carboxylic acid groups (broad SMARTS) is 1. The zero-order valence-corrected chi connectivity index (χ0v) is 13.2. The van der Waals surface area contributed by atoms with Crippen molar-refractivity contribution in [3.05, 3.63) is 56.2 Å². The summed E-state index contributed by atoms with van der Waals surface area (Å²) in [4.78, 5) is 11.8. The van der Waals surface area contributed by atoms with Crippen molar-refractivity contribution < 1.29 is 14.6 Å². The SMILES string of the molecule is O=C(O)C=Cc1cc(Cl)cc(Cl)c1OCCc1cccs1. The predicted octanol–water partition coefficient (Wildman–Crippen LogP) is 4.77. The molecule has 1 N–H and O–H groups in total. The summed E-state index contributed by atoms with van der Waals surface area (Å²) in [6.45, 7) is 0.454. The van der Waals surface area contributed by atoms with E-state index in [1.165, 1.54) is 11.0 Å². The highest BCUT2D eigenvalue weighted by Gasteiger charge is 2.09. The van der Waals surface area contributed by atoms with Gasteiger partial charge in [0.15, 0.2) is 0 Å². The monoisotopic (exact) mass is 342 g/mol. The van der Waals surface area contributed by atoms with Gasteiger partial charge < -0.3 is 9.84 Å². The Balaban J connectivity index is 2.14. The molecule has 0 radical (unpaired) electrons. The van der Waals surface area contributed by atoms with Gasteiger partial charge in [0, 0.05) is 28.0 Å². The lowest BCUT2D eigenvalue weighted by Crippen LogP contribution is -2.02. The van der Waals surface area contributed by atoms with Crippen LogP contribution in [0.3, 0.4) is 0 Å². The zero-order chi connectivity index (χ0) is 15.2. The van der Waals surface area contributed by atoms with E-state index in [9.17, 15) is 4.79 Å². The van der Waals surface area contributed by atoms with Crippen molar-refractivity contribution in [2.24, 2.45) is 0 Å². The smallest absolute Gasteiger partial charge is 0.328 e. The highest BCUT2D eigenvalue weighted by molar-refractivity contribution is 7.09. The average molecular weight is 343 g/mol.